The maximum atomic E-state index is 12.2. The summed E-state index contributed by atoms with van der Waals surface area (Å²) in [7, 11) is 1.66. The number of ether oxygens (including phenoxy) is 1. The SMILES string of the molecule is COCCn1nc(C)c(CNC(=O)c2cccnc2Cl)c1C. The first-order chi connectivity index (χ1) is 10.5. The molecule has 2 aromatic heterocycles. The molecule has 22 heavy (non-hydrogen) atoms. The van der Waals surface area contributed by atoms with Gasteiger partial charge in [-0.3, -0.25) is 9.48 Å². The molecule has 0 saturated carbocycles. The van der Waals surface area contributed by atoms with Crippen molar-refractivity contribution >= 4 is 17.5 Å². The number of amides is 1. The van der Waals surface area contributed by atoms with Crippen LogP contribution in [0, 0.1) is 13.8 Å². The van der Waals surface area contributed by atoms with E-state index in [0.717, 1.165) is 17.0 Å². The fourth-order valence-corrected chi connectivity index (χ4v) is 2.41. The molecule has 2 aromatic rings. The van der Waals surface area contributed by atoms with Gasteiger partial charge in [-0.25, -0.2) is 4.98 Å². The van der Waals surface area contributed by atoms with Crippen LogP contribution >= 0.6 is 11.6 Å². The molecule has 0 radical (unpaired) electrons. The van der Waals surface area contributed by atoms with Crippen molar-refractivity contribution in [2.24, 2.45) is 0 Å². The predicted molar refractivity (Wildman–Crippen MR) is 84.0 cm³/mol. The maximum Gasteiger partial charge on any atom is 0.254 e. The molecule has 2 heterocycles. The Balaban J connectivity index is 2.07. The summed E-state index contributed by atoms with van der Waals surface area (Å²) >= 11 is 5.92. The number of methoxy groups -OCH3 is 1. The Kier molecular flexibility index (Phi) is 5.51. The van der Waals surface area contributed by atoms with E-state index in [1.54, 1.807) is 25.4 Å². The highest BCUT2D eigenvalue weighted by Crippen LogP contribution is 2.15. The minimum atomic E-state index is -0.249. The molecule has 0 unspecified atom stereocenters. The van der Waals surface area contributed by atoms with Gasteiger partial charge in [0.25, 0.3) is 5.91 Å². The summed E-state index contributed by atoms with van der Waals surface area (Å²) in [5.74, 6) is -0.249. The first-order valence-electron chi connectivity index (χ1n) is 6.95. The second kappa shape index (κ2) is 7.38. The minimum absolute atomic E-state index is 0.198. The third-order valence-corrected chi connectivity index (χ3v) is 3.77. The van der Waals surface area contributed by atoms with Crippen LogP contribution in [-0.4, -0.2) is 34.4 Å². The van der Waals surface area contributed by atoms with Gasteiger partial charge in [-0.05, 0) is 26.0 Å². The van der Waals surface area contributed by atoms with Crippen LogP contribution in [0.25, 0.3) is 0 Å². The van der Waals surface area contributed by atoms with Crippen LogP contribution < -0.4 is 5.32 Å². The molecule has 7 heteroatoms. The van der Waals surface area contributed by atoms with Crippen LogP contribution in [0.15, 0.2) is 18.3 Å². The smallest absolute Gasteiger partial charge is 0.254 e. The molecular formula is C15H19ClN4O2. The molecule has 0 spiro atoms. The maximum absolute atomic E-state index is 12.2. The van der Waals surface area contributed by atoms with E-state index in [9.17, 15) is 4.79 Å². The Hall–Kier alpha value is -1.92. The van der Waals surface area contributed by atoms with Gasteiger partial charge in [-0.15, -0.1) is 0 Å². The quantitative estimate of drug-likeness (QED) is 0.827. The number of aromatic nitrogens is 3. The molecule has 1 amide bonds. The molecule has 0 aliphatic heterocycles. The number of halogens is 1. The fraction of sp³-hybridized carbons (Fsp3) is 0.400. The van der Waals surface area contributed by atoms with Crippen molar-refractivity contribution in [3.05, 3.63) is 46.0 Å². The summed E-state index contributed by atoms with van der Waals surface area (Å²) < 4.78 is 6.95. The van der Waals surface area contributed by atoms with Gasteiger partial charge in [-0.2, -0.15) is 5.10 Å². The average molecular weight is 323 g/mol. The van der Waals surface area contributed by atoms with Gasteiger partial charge >= 0.3 is 0 Å². The van der Waals surface area contributed by atoms with Gasteiger partial charge in [0.05, 0.1) is 24.4 Å². The average Bonchev–Trinajstić information content (AvgIpc) is 2.77. The molecule has 0 saturated heterocycles. The lowest BCUT2D eigenvalue weighted by molar-refractivity contribution is 0.0950. The summed E-state index contributed by atoms with van der Waals surface area (Å²) in [5, 5.41) is 7.52. The predicted octanol–water partition coefficient (Wildman–Crippen LogP) is 2.12. The van der Waals surface area contributed by atoms with E-state index in [4.69, 9.17) is 16.3 Å². The lowest BCUT2D eigenvalue weighted by Gasteiger charge is -2.07. The Bertz CT molecular complexity index is 670. The lowest BCUT2D eigenvalue weighted by Crippen LogP contribution is -2.24. The van der Waals surface area contributed by atoms with Gasteiger partial charge in [0.2, 0.25) is 0 Å². The molecule has 0 bridgehead atoms. The highest BCUT2D eigenvalue weighted by atomic mass is 35.5. The van der Waals surface area contributed by atoms with Crippen LogP contribution in [0.3, 0.4) is 0 Å². The van der Waals surface area contributed by atoms with Crippen LogP contribution in [0.5, 0.6) is 0 Å². The number of carbonyl (C=O) groups excluding carboxylic acids is 1. The number of hydrogen-bond acceptors (Lipinski definition) is 4. The Morgan fingerprint density at radius 2 is 2.23 bits per heavy atom. The number of carbonyl (C=O) groups is 1. The molecular weight excluding hydrogens is 304 g/mol. The number of aryl methyl sites for hydroxylation is 1. The van der Waals surface area contributed by atoms with Gasteiger partial charge in [0.15, 0.2) is 0 Å². The van der Waals surface area contributed by atoms with Crippen LogP contribution in [0.4, 0.5) is 0 Å². The summed E-state index contributed by atoms with van der Waals surface area (Å²) in [6.07, 6.45) is 1.55. The minimum Gasteiger partial charge on any atom is -0.383 e. The molecule has 0 atom stereocenters. The van der Waals surface area contributed by atoms with Gasteiger partial charge in [-0.1, -0.05) is 11.6 Å². The molecule has 1 N–H and O–H groups in total. The Morgan fingerprint density at radius 1 is 1.45 bits per heavy atom. The molecule has 2 rings (SSSR count). The van der Waals surface area contributed by atoms with Crippen molar-refractivity contribution in [2.45, 2.75) is 26.9 Å². The van der Waals surface area contributed by atoms with Crippen molar-refractivity contribution in [2.75, 3.05) is 13.7 Å². The van der Waals surface area contributed by atoms with E-state index in [2.05, 4.69) is 15.4 Å². The second-order valence-corrected chi connectivity index (χ2v) is 5.25. The number of pyridine rings is 1. The fourth-order valence-electron chi connectivity index (χ4n) is 2.20. The van der Waals surface area contributed by atoms with Gasteiger partial charge < -0.3 is 10.1 Å². The monoisotopic (exact) mass is 322 g/mol. The van der Waals surface area contributed by atoms with E-state index < -0.39 is 0 Å². The first kappa shape index (κ1) is 16.5. The van der Waals surface area contributed by atoms with Crippen LogP contribution in [0.2, 0.25) is 5.15 Å². The molecule has 0 aliphatic rings. The summed E-state index contributed by atoms with van der Waals surface area (Å²) in [6, 6.07) is 3.33. The zero-order valence-electron chi connectivity index (χ0n) is 12.9. The number of nitrogens with zero attached hydrogens (tertiary/aromatic N) is 3. The van der Waals surface area contributed by atoms with Crippen LogP contribution in [-0.2, 0) is 17.8 Å². The number of rotatable bonds is 6. The van der Waals surface area contributed by atoms with Crippen molar-refractivity contribution < 1.29 is 9.53 Å². The first-order valence-corrected chi connectivity index (χ1v) is 7.33. The van der Waals surface area contributed by atoms with E-state index >= 15 is 0 Å². The third-order valence-electron chi connectivity index (χ3n) is 3.47. The standard InChI is InChI=1S/C15H19ClN4O2/c1-10-13(11(2)20(19-10)7-8-22-3)9-18-15(21)12-5-4-6-17-14(12)16/h4-6H,7-9H2,1-3H3,(H,18,21). The molecule has 0 fully saturated rings. The number of hydrogen-bond donors (Lipinski definition) is 1. The second-order valence-electron chi connectivity index (χ2n) is 4.89. The summed E-state index contributed by atoms with van der Waals surface area (Å²) in [6.45, 7) is 5.59. The summed E-state index contributed by atoms with van der Waals surface area (Å²) in [4.78, 5) is 16.1. The van der Waals surface area contributed by atoms with Crippen molar-refractivity contribution in [3.63, 3.8) is 0 Å². The van der Waals surface area contributed by atoms with Crippen molar-refractivity contribution in [3.8, 4) is 0 Å². The Labute approximate surface area is 134 Å². The highest BCUT2D eigenvalue weighted by Gasteiger charge is 2.14. The van der Waals surface area contributed by atoms with E-state index in [-0.39, 0.29) is 11.1 Å². The topological polar surface area (TPSA) is 69.0 Å². The lowest BCUT2D eigenvalue weighted by atomic mass is 10.2. The molecule has 118 valence electrons. The van der Waals surface area contributed by atoms with Crippen molar-refractivity contribution in [1.29, 1.82) is 0 Å². The number of nitrogens with one attached hydrogen (secondary N) is 1. The normalized spacial score (nSPS) is 10.7. The van der Waals surface area contributed by atoms with Gasteiger partial charge in [0.1, 0.15) is 5.15 Å². The summed E-state index contributed by atoms with van der Waals surface area (Å²) in [5.41, 5.74) is 3.29. The van der Waals surface area contributed by atoms with Gasteiger partial charge in [0, 0.05) is 31.1 Å². The van der Waals surface area contributed by atoms with E-state index in [1.807, 2.05) is 18.5 Å². The van der Waals surface area contributed by atoms with E-state index in [1.165, 1.54) is 0 Å². The largest absolute Gasteiger partial charge is 0.383 e. The van der Waals surface area contributed by atoms with E-state index in [0.29, 0.717) is 25.3 Å². The Morgan fingerprint density at radius 3 is 2.91 bits per heavy atom. The third kappa shape index (κ3) is 3.64. The highest BCUT2D eigenvalue weighted by molar-refractivity contribution is 6.32. The zero-order chi connectivity index (χ0) is 16.1. The molecule has 0 aliphatic carbocycles. The zero-order valence-corrected chi connectivity index (χ0v) is 13.6. The van der Waals surface area contributed by atoms with Crippen LogP contribution in [0.1, 0.15) is 27.3 Å². The molecule has 0 aromatic carbocycles. The molecule has 6 nitrogen and oxygen atoms in total. The van der Waals surface area contributed by atoms with Crippen molar-refractivity contribution in [1.82, 2.24) is 20.1 Å².